The maximum Gasteiger partial charge on any atom is 0.437 e. The molecule has 2 heterocycles. The molecule has 0 spiro atoms. The van der Waals surface area contributed by atoms with Crippen molar-refractivity contribution in [3.05, 3.63) is 70.8 Å². The molecule has 0 aliphatic heterocycles. The second-order valence-corrected chi connectivity index (χ2v) is 5.57. The molecule has 4 aromatic rings. The van der Waals surface area contributed by atoms with Crippen LogP contribution in [0.4, 0.5) is 4.39 Å². The standard InChI is InChI=1S/C18H13FN4O4/c1-25-14-8-4-11(5-9-14)16-21-20-15(26-16)10-23-18(24)27-17(22-23)12-2-6-13(19)7-3-12/h2-9H,10H2,1H3. The number of hydrogen-bond acceptors (Lipinski definition) is 7. The Morgan fingerprint density at radius 2 is 1.63 bits per heavy atom. The molecule has 27 heavy (non-hydrogen) atoms. The van der Waals surface area contributed by atoms with Crippen LogP contribution in [0.3, 0.4) is 0 Å². The van der Waals surface area contributed by atoms with Crippen LogP contribution < -0.4 is 10.5 Å². The second kappa shape index (κ2) is 6.87. The fraction of sp³-hybridized carbons (Fsp3) is 0.111. The van der Waals surface area contributed by atoms with Gasteiger partial charge < -0.3 is 13.6 Å². The SMILES string of the molecule is COc1ccc(-c2nnc(Cn3nc(-c4ccc(F)cc4)oc3=O)o2)cc1. The number of aromatic nitrogens is 4. The smallest absolute Gasteiger partial charge is 0.437 e. The Morgan fingerprint density at radius 3 is 2.33 bits per heavy atom. The van der Waals surface area contributed by atoms with E-state index < -0.39 is 11.6 Å². The third kappa shape index (κ3) is 3.47. The van der Waals surface area contributed by atoms with Crippen LogP contribution in [0.1, 0.15) is 5.89 Å². The van der Waals surface area contributed by atoms with Crippen LogP contribution in [-0.4, -0.2) is 27.1 Å². The molecule has 0 radical (unpaired) electrons. The van der Waals surface area contributed by atoms with Crippen LogP contribution in [0.5, 0.6) is 5.75 Å². The summed E-state index contributed by atoms with van der Waals surface area (Å²) in [6.07, 6.45) is 0. The van der Waals surface area contributed by atoms with E-state index in [9.17, 15) is 9.18 Å². The first-order valence-corrected chi connectivity index (χ1v) is 7.93. The Hall–Kier alpha value is -3.75. The highest BCUT2D eigenvalue weighted by molar-refractivity contribution is 5.54. The van der Waals surface area contributed by atoms with E-state index >= 15 is 0 Å². The Kier molecular flexibility index (Phi) is 4.25. The van der Waals surface area contributed by atoms with Gasteiger partial charge in [-0.1, -0.05) is 0 Å². The van der Waals surface area contributed by atoms with E-state index in [1.165, 1.54) is 24.3 Å². The third-order valence-electron chi connectivity index (χ3n) is 3.79. The van der Waals surface area contributed by atoms with E-state index in [2.05, 4.69) is 15.3 Å². The fourth-order valence-corrected chi connectivity index (χ4v) is 2.41. The fourth-order valence-electron chi connectivity index (χ4n) is 2.41. The van der Waals surface area contributed by atoms with Crippen LogP contribution >= 0.6 is 0 Å². The number of ether oxygens (including phenoxy) is 1. The number of methoxy groups -OCH3 is 1. The lowest BCUT2D eigenvalue weighted by Gasteiger charge is -1.99. The van der Waals surface area contributed by atoms with E-state index in [1.54, 1.807) is 31.4 Å². The van der Waals surface area contributed by atoms with E-state index in [4.69, 9.17) is 13.6 Å². The summed E-state index contributed by atoms with van der Waals surface area (Å²) in [6, 6.07) is 12.6. The van der Waals surface area contributed by atoms with Crippen molar-refractivity contribution in [2.24, 2.45) is 0 Å². The Balaban J connectivity index is 1.55. The van der Waals surface area contributed by atoms with Crippen LogP contribution in [-0.2, 0) is 6.54 Å². The van der Waals surface area contributed by atoms with Gasteiger partial charge in [0.1, 0.15) is 18.1 Å². The summed E-state index contributed by atoms with van der Waals surface area (Å²) in [6.45, 7) is -0.0489. The number of rotatable bonds is 5. The summed E-state index contributed by atoms with van der Waals surface area (Å²) >= 11 is 0. The molecule has 0 N–H and O–H groups in total. The molecule has 0 fully saturated rings. The second-order valence-electron chi connectivity index (χ2n) is 5.57. The van der Waals surface area contributed by atoms with Crippen molar-refractivity contribution in [2.45, 2.75) is 6.54 Å². The van der Waals surface area contributed by atoms with Crippen molar-refractivity contribution in [1.82, 2.24) is 20.0 Å². The van der Waals surface area contributed by atoms with E-state index in [0.717, 1.165) is 4.68 Å². The Labute approximate surface area is 151 Å². The predicted molar refractivity (Wildman–Crippen MR) is 91.5 cm³/mol. The molecule has 0 aliphatic rings. The molecule has 2 aromatic carbocycles. The molecule has 0 atom stereocenters. The Bertz CT molecular complexity index is 1110. The lowest BCUT2D eigenvalue weighted by molar-refractivity contribution is 0.414. The van der Waals surface area contributed by atoms with Crippen LogP contribution in [0, 0.1) is 5.82 Å². The molecule has 8 nitrogen and oxygen atoms in total. The lowest BCUT2D eigenvalue weighted by atomic mass is 10.2. The minimum absolute atomic E-state index is 0.0489. The number of benzene rings is 2. The van der Waals surface area contributed by atoms with Gasteiger partial charge in [0, 0.05) is 11.1 Å². The summed E-state index contributed by atoms with van der Waals surface area (Å²) in [7, 11) is 1.58. The first-order valence-electron chi connectivity index (χ1n) is 7.93. The van der Waals surface area contributed by atoms with Gasteiger partial charge in [0.05, 0.1) is 7.11 Å². The zero-order valence-electron chi connectivity index (χ0n) is 14.1. The molecule has 0 amide bonds. The van der Waals surface area contributed by atoms with Gasteiger partial charge in [-0.2, -0.15) is 4.68 Å². The van der Waals surface area contributed by atoms with Gasteiger partial charge in [-0.3, -0.25) is 0 Å². The van der Waals surface area contributed by atoms with Crippen molar-refractivity contribution in [1.29, 1.82) is 0 Å². The van der Waals surface area contributed by atoms with E-state index in [-0.39, 0.29) is 18.3 Å². The molecular formula is C18H13FN4O4. The van der Waals surface area contributed by atoms with E-state index in [1.807, 2.05) is 0 Å². The lowest BCUT2D eigenvalue weighted by Crippen LogP contribution is -2.16. The Morgan fingerprint density at radius 1 is 0.963 bits per heavy atom. The van der Waals surface area contributed by atoms with Gasteiger partial charge in [0.15, 0.2) is 0 Å². The largest absolute Gasteiger partial charge is 0.497 e. The average Bonchev–Trinajstić information content (AvgIpc) is 3.30. The number of hydrogen-bond donors (Lipinski definition) is 0. The van der Waals surface area contributed by atoms with Gasteiger partial charge in [-0.15, -0.1) is 15.3 Å². The van der Waals surface area contributed by atoms with Gasteiger partial charge in [-0.25, -0.2) is 9.18 Å². The molecule has 2 aromatic heterocycles. The van der Waals surface area contributed by atoms with Crippen molar-refractivity contribution < 1.29 is 18.0 Å². The summed E-state index contributed by atoms with van der Waals surface area (Å²) < 4.78 is 29.8. The molecule has 0 unspecified atom stereocenters. The maximum absolute atomic E-state index is 13.0. The molecule has 0 saturated carbocycles. The number of halogens is 1. The monoisotopic (exact) mass is 368 g/mol. The molecule has 0 saturated heterocycles. The summed E-state index contributed by atoms with van der Waals surface area (Å²) in [5.41, 5.74) is 1.20. The van der Waals surface area contributed by atoms with Crippen LogP contribution in [0.2, 0.25) is 0 Å². The quantitative estimate of drug-likeness (QED) is 0.534. The summed E-state index contributed by atoms with van der Waals surface area (Å²) in [5, 5.41) is 12.0. The number of nitrogens with zero attached hydrogens (tertiary/aromatic N) is 4. The van der Waals surface area contributed by atoms with Crippen molar-refractivity contribution >= 4 is 0 Å². The first kappa shape index (κ1) is 16.7. The minimum Gasteiger partial charge on any atom is -0.497 e. The third-order valence-corrected chi connectivity index (χ3v) is 3.79. The van der Waals surface area contributed by atoms with Crippen molar-refractivity contribution in [3.63, 3.8) is 0 Å². The highest BCUT2D eigenvalue weighted by Gasteiger charge is 2.15. The van der Waals surface area contributed by atoms with Gasteiger partial charge in [-0.05, 0) is 48.5 Å². The zero-order valence-corrected chi connectivity index (χ0v) is 14.1. The van der Waals surface area contributed by atoms with E-state index in [0.29, 0.717) is 22.8 Å². The molecule has 4 rings (SSSR count). The normalized spacial score (nSPS) is 10.9. The van der Waals surface area contributed by atoms with Gasteiger partial charge >= 0.3 is 5.76 Å². The molecule has 0 aliphatic carbocycles. The zero-order chi connectivity index (χ0) is 18.8. The van der Waals surface area contributed by atoms with Gasteiger partial charge in [0.25, 0.3) is 0 Å². The van der Waals surface area contributed by atoms with Crippen LogP contribution in [0.15, 0.2) is 62.2 Å². The molecule has 0 bridgehead atoms. The molecule has 9 heteroatoms. The van der Waals surface area contributed by atoms with Crippen molar-refractivity contribution in [2.75, 3.05) is 7.11 Å². The predicted octanol–water partition coefficient (Wildman–Crippen LogP) is 2.75. The molecular weight excluding hydrogens is 355 g/mol. The van der Waals surface area contributed by atoms with Gasteiger partial charge in [0.2, 0.25) is 17.7 Å². The average molecular weight is 368 g/mol. The maximum atomic E-state index is 13.0. The first-order chi connectivity index (χ1) is 13.1. The summed E-state index contributed by atoms with van der Waals surface area (Å²) in [5.74, 6) is 0.219. The topological polar surface area (TPSA) is 96.2 Å². The highest BCUT2D eigenvalue weighted by Crippen LogP contribution is 2.21. The van der Waals surface area contributed by atoms with Crippen molar-refractivity contribution in [3.8, 4) is 28.7 Å². The summed E-state index contributed by atoms with van der Waals surface area (Å²) in [4.78, 5) is 12.0. The minimum atomic E-state index is -0.682. The highest BCUT2D eigenvalue weighted by atomic mass is 19.1. The molecule has 136 valence electrons. The van der Waals surface area contributed by atoms with Crippen LogP contribution in [0.25, 0.3) is 22.9 Å².